The highest BCUT2D eigenvalue weighted by Crippen LogP contribution is 2.55. The van der Waals surface area contributed by atoms with Crippen LogP contribution in [-0.2, 0) is 0 Å². The van der Waals surface area contributed by atoms with Crippen molar-refractivity contribution < 1.29 is 4.79 Å². The molecule has 164 valence electrons. The molecule has 0 radical (unpaired) electrons. The van der Waals surface area contributed by atoms with E-state index in [0.29, 0.717) is 0 Å². The Morgan fingerprint density at radius 1 is 1.03 bits per heavy atom. The molecule has 1 aromatic rings. The van der Waals surface area contributed by atoms with E-state index in [1.165, 1.54) is 44.2 Å². The van der Waals surface area contributed by atoms with Crippen LogP contribution in [0.1, 0.15) is 44.9 Å². The van der Waals surface area contributed by atoms with E-state index in [0.717, 1.165) is 68.5 Å². The molecule has 1 saturated heterocycles. The number of carbonyl (C=O) groups excluding carboxylic acids is 1. The Morgan fingerprint density at radius 3 is 2.33 bits per heavy atom. The third-order valence-corrected chi connectivity index (χ3v) is 8.13. The average Bonchev–Trinajstić information content (AvgIpc) is 2.70. The third kappa shape index (κ3) is 4.57. The van der Waals surface area contributed by atoms with E-state index in [1.54, 1.807) is 0 Å². The molecule has 0 atom stereocenters. The van der Waals surface area contributed by atoms with Crippen molar-refractivity contribution in [2.75, 3.05) is 44.2 Å². The number of nitrogens with one attached hydrogen (secondary N) is 2. The lowest BCUT2D eigenvalue weighted by molar-refractivity contribution is -0.0135. The number of nitrogens with zero attached hydrogens (tertiary/aromatic N) is 2. The minimum absolute atomic E-state index is 0.0581. The van der Waals surface area contributed by atoms with E-state index >= 15 is 0 Å². The number of benzene rings is 1. The Morgan fingerprint density at radius 2 is 1.70 bits per heavy atom. The van der Waals surface area contributed by atoms with Crippen molar-refractivity contribution >= 4 is 23.3 Å². The molecule has 6 rings (SSSR count). The molecule has 4 saturated carbocycles. The van der Waals surface area contributed by atoms with Crippen LogP contribution in [0, 0.1) is 17.8 Å². The summed E-state index contributed by atoms with van der Waals surface area (Å²) in [4.78, 5) is 17.5. The predicted octanol–water partition coefficient (Wildman–Crippen LogP) is 4.12. The summed E-state index contributed by atoms with van der Waals surface area (Å²) in [6, 6.07) is 8.18. The fourth-order valence-corrected chi connectivity index (χ4v) is 7.14. The van der Waals surface area contributed by atoms with E-state index < -0.39 is 0 Å². The minimum atomic E-state index is 0.0581. The standard InChI is InChI=1S/C24H35ClN4O/c25-21-3-1-4-22(14-21)29-9-7-28(8-10-29)6-2-5-26-23(30)27-24-15-18-11-19(16-24)13-20(12-18)17-24/h1,3-4,14,18-20H,2,5-13,15-17H2,(H2,26,27,30). The Kier molecular flexibility index (Phi) is 5.85. The van der Waals surface area contributed by atoms with Crippen LogP contribution in [0.2, 0.25) is 5.02 Å². The molecule has 0 aromatic heterocycles. The molecular formula is C24H35ClN4O. The van der Waals surface area contributed by atoms with Crippen molar-refractivity contribution in [1.29, 1.82) is 0 Å². The van der Waals surface area contributed by atoms with Gasteiger partial charge in [0.05, 0.1) is 0 Å². The molecule has 5 nitrogen and oxygen atoms in total. The molecule has 5 fully saturated rings. The predicted molar refractivity (Wildman–Crippen MR) is 122 cm³/mol. The first kappa shape index (κ1) is 20.4. The van der Waals surface area contributed by atoms with Crippen molar-refractivity contribution in [2.24, 2.45) is 17.8 Å². The summed E-state index contributed by atoms with van der Waals surface area (Å²) in [5.74, 6) is 2.59. The van der Waals surface area contributed by atoms with E-state index in [4.69, 9.17) is 11.6 Å². The molecule has 5 aliphatic rings. The van der Waals surface area contributed by atoms with E-state index in [-0.39, 0.29) is 11.6 Å². The van der Waals surface area contributed by atoms with Crippen molar-refractivity contribution in [3.05, 3.63) is 29.3 Å². The number of piperazine rings is 1. The fourth-order valence-electron chi connectivity index (χ4n) is 6.96. The maximum atomic E-state index is 12.6. The summed E-state index contributed by atoms with van der Waals surface area (Å²) in [7, 11) is 0. The molecule has 1 aromatic carbocycles. The molecule has 0 spiro atoms. The number of anilines is 1. The van der Waals surface area contributed by atoms with Crippen LogP contribution in [0.15, 0.2) is 24.3 Å². The number of hydrogen-bond acceptors (Lipinski definition) is 3. The molecule has 2 amide bonds. The van der Waals surface area contributed by atoms with Gasteiger partial charge in [0.25, 0.3) is 0 Å². The van der Waals surface area contributed by atoms with E-state index in [1.807, 2.05) is 18.2 Å². The van der Waals surface area contributed by atoms with Gasteiger partial charge in [0.2, 0.25) is 0 Å². The zero-order valence-electron chi connectivity index (χ0n) is 17.9. The van der Waals surface area contributed by atoms with Gasteiger partial charge in [-0.05, 0) is 87.4 Å². The molecule has 6 heteroatoms. The van der Waals surface area contributed by atoms with Gasteiger partial charge in [-0.15, -0.1) is 0 Å². The molecule has 0 unspecified atom stereocenters. The molecule has 2 N–H and O–H groups in total. The summed E-state index contributed by atoms with van der Waals surface area (Å²) in [6.07, 6.45) is 8.87. The molecular weight excluding hydrogens is 396 g/mol. The second kappa shape index (κ2) is 8.58. The molecule has 1 heterocycles. The second-order valence-corrected chi connectivity index (χ2v) is 10.7. The maximum Gasteiger partial charge on any atom is 0.315 e. The van der Waals surface area contributed by atoms with Gasteiger partial charge in [-0.3, -0.25) is 4.90 Å². The van der Waals surface area contributed by atoms with Crippen molar-refractivity contribution in [1.82, 2.24) is 15.5 Å². The highest BCUT2D eigenvalue weighted by molar-refractivity contribution is 6.30. The Labute approximate surface area is 185 Å². The van der Waals surface area contributed by atoms with Crippen LogP contribution in [0.4, 0.5) is 10.5 Å². The van der Waals surface area contributed by atoms with Gasteiger partial charge in [0.15, 0.2) is 0 Å². The molecule has 30 heavy (non-hydrogen) atoms. The normalized spacial score (nSPS) is 33.0. The smallest absolute Gasteiger partial charge is 0.315 e. The van der Waals surface area contributed by atoms with Crippen LogP contribution in [0.5, 0.6) is 0 Å². The van der Waals surface area contributed by atoms with Crippen LogP contribution in [-0.4, -0.2) is 55.7 Å². The largest absolute Gasteiger partial charge is 0.369 e. The number of urea groups is 1. The quantitative estimate of drug-likeness (QED) is 0.667. The third-order valence-electron chi connectivity index (χ3n) is 7.90. The van der Waals surface area contributed by atoms with E-state index in [2.05, 4.69) is 26.5 Å². The number of rotatable bonds is 6. The summed E-state index contributed by atoms with van der Waals surface area (Å²) in [6.45, 7) is 5.98. The van der Waals surface area contributed by atoms with Crippen LogP contribution < -0.4 is 15.5 Å². The van der Waals surface area contributed by atoms with Crippen LogP contribution >= 0.6 is 11.6 Å². The van der Waals surface area contributed by atoms with Gasteiger partial charge < -0.3 is 15.5 Å². The molecule has 1 aliphatic heterocycles. The summed E-state index contributed by atoms with van der Waals surface area (Å²) >= 11 is 6.12. The zero-order valence-corrected chi connectivity index (χ0v) is 18.7. The topological polar surface area (TPSA) is 47.6 Å². The lowest BCUT2D eigenvalue weighted by atomic mass is 9.53. The summed E-state index contributed by atoms with van der Waals surface area (Å²) < 4.78 is 0. The van der Waals surface area contributed by atoms with Gasteiger partial charge in [0, 0.05) is 49.0 Å². The summed E-state index contributed by atoms with van der Waals surface area (Å²) in [5, 5.41) is 7.35. The van der Waals surface area contributed by atoms with Gasteiger partial charge in [-0.2, -0.15) is 0 Å². The van der Waals surface area contributed by atoms with Gasteiger partial charge in [-0.1, -0.05) is 17.7 Å². The first-order valence-corrected chi connectivity index (χ1v) is 12.2. The monoisotopic (exact) mass is 430 g/mol. The first-order valence-electron chi connectivity index (χ1n) is 11.9. The second-order valence-electron chi connectivity index (χ2n) is 10.2. The van der Waals surface area contributed by atoms with Crippen molar-refractivity contribution in [3.63, 3.8) is 0 Å². The lowest BCUT2D eigenvalue weighted by Crippen LogP contribution is -2.61. The van der Waals surface area contributed by atoms with Crippen LogP contribution in [0.25, 0.3) is 0 Å². The SMILES string of the molecule is O=C(NCCCN1CCN(c2cccc(Cl)c2)CC1)NC12CC3CC(CC(C3)C1)C2. The number of hydrogen-bond donors (Lipinski definition) is 2. The van der Waals surface area contributed by atoms with Gasteiger partial charge in [0.1, 0.15) is 0 Å². The summed E-state index contributed by atoms with van der Waals surface area (Å²) in [5.41, 5.74) is 1.32. The number of amides is 2. The van der Waals surface area contributed by atoms with Gasteiger partial charge >= 0.3 is 6.03 Å². The lowest BCUT2D eigenvalue weighted by Gasteiger charge is -2.56. The highest BCUT2D eigenvalue weighted by atomic mass is 35.5. The van der Waals surface area contributed by atoms with Crippen LogP contribution in [0.3, 0.4) is 0 Å². The Bertz CT molecular complexity index is 726. The van der Waals surface area contributed by atoms with Crippen molar-refractivity contribution in [2.45, 2.75) is 50.5 Å². The number of carbonyl (C=O) groups is 1. The van der Waals surface area contributed by atoms with Gasteiger partial charge in [-0.25, -0.2) is 4.79 Å². The minimum Gasteiger partial charge on any atom is -0.369 e. The maximum absolute atomic E-state index is 12.6. The Hall–Kier alpha value is -1.46. The zero-order chi connectivity index (χ0) is 20.6. The van der Waals surface area contributed by atoms with Crippen molar-refractivity contribution in [3.8, 4) is 0 Å². The Balaban J connectivity index is 0.999. The average molecular weight is 431 g/mol. The first-order chi connectivity index (χ1) is 14.6. The van der Waals surface area contributed by atoms with E-state index in [9.17, 15) is 4.79 Å². The fraction of sp³-hybridized carbons (Fsp3) is 0.708. The number of halogens is 1. The molecule has 4 aliphatic carbocycles. The molecule has 4 bridgehead atoms. The highest BCUT2D eigenvalue weighted by Gasteiger charge is 2.51.